The average Bonchev–Trinajstić information content (AvgIpc) is 2.73. The van der Waals surface area contributed by atoms with Crippen molar-refractivity contribution in [2.75, 3.05) is 29.4 Å². The van der Waals surface area contributed by atoms with Gasteiger partial charge in [0.1, 0.15) is 0 Å². The van der Waals surface area contributed by atoms with Crippen molar-refractivity contribution in [3.63, 3.8) is 0 Å². The largest absolute Gasteiger partial charge is 1.00 e. The maximum atomic E-state index is 12.4. The Kier molecular flexibility index (Phi) is 4.42. The van der Waals surface area contributed by atoms with Crippen LogP contribution in [-0.4, -0.2) is 31.4 Å². The Morgan fingerprint density at radius 1 is 1.24 bits per heavy atom. The van der Waals surface area contributed by atoms with E-state index in [1.165, 1.54) is 5.69 Å². The Morgan fingerprint density at radius 3 is 2.57 bits per heavy atom. The van der Waals surface area contributed by atoms with E-state index < -0.39 is 0 Å². The minimum absolute atomic E-state index is 0. The van der Waals surface area contributed by atoms with Gasteiger partial charge in [-0.2, -0.15) is 0 Å². The molecule has 0 saturated carbocycles. The van der Waals surface area contributed by atoms with E-state index in [1.54, 1.807) is 0 Å². The van der Waals surface area contributed by atoms with Gasteiger partial charge in [0.25, 0.3) is 0 Å². The zero-order valence-corrected chi connectivity index (χ0v) is 14.4. The molecule has 0 amide bonds. The summed E-state index contributed by atoms with van der Waals surface area (Å²) >= 11 is 0. The van der Waals surface area contributed by atoms with Gasteiger partial charge >= 0.3 is 0 Å². The molecule has 0 N–H and O–H groups in total. The van der Waals surface area contributed by atoms with Gasteiger partial charge in [-0.05, 0) is 18.6 Å². The Bertz CT molecular complexity index is 577. The summed E-state index contributed by atoms with van der Waals surface area (Å²) in [6, 6.07) is 8.25. The zero-order valence-electron chi connectivity index (χ0n) is 12.8. The average molecular weight is 351 g/mol. The fourth-order valence-electron chi connectivity index (χ4n) is 2.62. The highest BCUT2D eigenvalue weighted by molar-refractivity contribution is 6.18. The summed E-state index contributed by atoms with van der Waals surface area (Å²) in [4.78, 5) is 21.3. The van der Waals surface area contributed by atoms with E-state index in [9.17, 15) is 4.79 Å². The number of nitrogens with zero attached hydrogens (tertiary/aromatic N) is 3. The third-order valence-electron chi connectivity index (χ3n) is 3.88. The molecule has 5 heteroatoms. The van der Waals surface area contributed by atoms with E-state index in [4.69, 9.17) is 0 Å². The molecule has 3 rings (SSSR count). The summed E-state index contributed by atoms with van der Waals surface area (Å²) < 4.78 is 0. The molecule has 0 aliphatic carbocycles. The summed E-state index contributed by atoms with van der Waals surface area (Å²) in [5.41, 5.74) is 1.95. The number of ketones is 1. The molecule has 2 aliphatic rings. The van der Waals surface area contributed by atoms with E-state index in [0.29, 0.717) is 6.54 Å². The van der Waals surface area contributed by atoms with Crippen molar-refractivity contribution in [3.05, 3.63) is 24.3 Å². The van der Waals surface area contributed by atoms with E-state index in [2.05, 4.69) is 26.9 Å². The van der Waals surface area contributed by atoms with Crippen LogP contribution in [0.5, 0.6) is 0 Å². The van der Waals surface area contributed by atoms with Crippen LogP contribution in [0.3, 0.4) is 0 Å². The number of halogens is 1. The van der Waals surface area contributed by atoms with Crippen molar-refractivity contribution < 1.29 is 21.8 Å². The van der Waals surface area contributed by atoms with Crippen molar-refractivity contribution in [1.82, 2.24) is 0 Å². The zero-order chi connectivity index (χ0) is 14.3. The summed E-state index contributed by atoms with van der Waals surface area (Å²) in [6.07, 6.45) is 1.07. The Hall–Kier alpha value is -1.36. The van der Waals surface area contributed by atoms with Crippen LogP contribution in [-0.2, 0) is 4.79 Å². The molecule has 0 spiro atoms. The molecule has 114 valence electrons. The van der Waals surface area contributed by atoms with Gasteiger partial charge in [0.15, 0.2) is 5.78 Å². The van der Waals surface area contributed by atoms with Crippen LogP contribution >= 0.6 is 0 Å². The molecule has 0 saturated heterocycles. The van der Waals surface area contributed by atoms with Crippen LogP contribution in [0.2, 0.25) is 0 Å². The summed E-state index contributed by atoms with van der Waals surface area (Å²) in [5.74, 6) is 1.18. The molecule has 0 unspecified atom stereocenters. The van der Waals surface area contributed by atoms with Crippen LogP contribution in [0.25, 0.3) is 0 Å². The van der Waals surface area contributed by atoms with Gasteiger partial charge in [0.05, 0.1) is 17.9 Å². The first-order valence-electron chi connectivity index (χ1n) is 7.20. The fraction of sp³-hybridized carbons (Fsp3) is 0.500. The van der Waals surface area contributed by atoms with Crippen molar-refractivity contribution in [1.29, 1.82) is 0 Å². The third-order valence-corrected chi connectivity index (χ3v) is 3.88. The summed E-state index contributed by atoms with van der Waals surface area (Å²) in [6.45, 7) is 8.14. The van der Waals surface area contributed by atoms with Crippen LogP contribution in [0.4, 0.5) is 11.4 Å². The molecule has 21 heavy (non-hydrogen) atoms. The Labute approximate surface area is 136 Å². The molecular formula is C16H21BrN3O-. The number of aliphatic imine (C=N–C) groups is 1. The topological polar surface area (TPSA) is 35.9 Å². The molecule has 1 aromatic carbocycles. The van der Waals surface area contributed by atoms with Crippen LogP contribution in [0.15, 0.2) is 29.3 Å². The predicted octanol–water partition coefficient (Wildman–Crippen LogP) is -0.308. The van der Waals surface area contributed by atoms with Gasteiger partial charge in [0.2, 0.25) is 5.96 Å². The minimum atomic E-state index is -0.322. The quantitative estimate of drug-likeness (QED) is 0.734. The van der Waals surface area contributed by atoms with E-state index >= 15 is 0 Å². The second-order valence-corrected chi connectivity index (χ2v) is 6.43. The highest BCUT2D eigenvalue weighted by atomic mass is 79.9. The lowest BCUT2D eigenvalue weighted by Crippen LogP contribution is -3.00. The van der Waals surface area contributed by atoms with Gasteiger partial charge in [-0.1, -0.05) is 32.9 Å². The van der Waals surface area contributed by atoms with Crippen LogP contribution in [0.1, 0.15) is 27.2 Å². The van der Waals surface area contributed by atoms with Crippen molar-refractivity contribution in [2.24, 2.45) is 10.4 Å². The summed E-state index contributed by atoms with van der Waals surface area (Å²) in [7, 11) is 0. The SMILES string of the molecule is CC(C)(C)C(=O)CN1C2=NCCCN2c2ccccc21.[Br-]. The van der Waals surface area contributed by atoms with Gasteiger partial charge in [-0.25, -0.2) is 0 Å². The molecule has 2 heterocycles. The predicted molar refractivity (Wildman–Crippen MR) is 82.5 cm³/mol. The van der Waals surface area contributed by atoms with Crippen molar-refractivity contribution in [3.8, 4) is 0 Å². The normalized spacial score (nSPS) is 16.8. The van der Waals surface area contributed by atoms with Crippen molar-refractivity contribution in [2.45, 2.75) is 27.2 Å². The monoisotopic (exact) mass is 350 g/mol. The number of anilines is 2. The Morgan fingerprint density at radius 2 is 1.90 bits per heavy atom. The maximum Gasteiger partial charge on any atom is 0.206 e. The number of hydrogen-bond donors (Lipinski definition) is 0. The van der Waals surface area contributed by atoms with Gasteiger partial charge in [0, 0.05) is 18.5 Å². The maximum absolute atomic E-state index is 12.4. The molecule has 0 atom stereocenters. The van der Waals surface area contributed by atoms with Gasteiger partial charge in [-0.3, -0.25) is 9.79 Å². The molecule has 4 nitrogen and oxygen atoms in total. The number of guanidine groups is 1. The molecule has 1 aromatic rings. The number of Topliss-reactive ketones (excluding diaryl/α,β-unsaturated/α-hetero) is 1. The first kappa shape index (κ1) is 16.0. The standard InChI is InChI=1S/C16H21N3O.BrH/c1-16(2,3)14(20)11-19-13-8-5-4-7-12(13)18-10-6-9-17-15(18)19;/h4-5,7-8H,6,9-11H2,1-3H3;1H/p-1. The molecule has 0 fully saturated rings. The number of hydrogen-bond acceptors (Lipinski definition) is 4. The second-order valence-electron chi connectivity index (χ2n) is 6.43. The van der Waals surface area contributed by atoms with E-state index in [0.717, 1.165) is 31.2 Å². The molecule has 2 aliphatic heterocycles. The number of fused-ring (bicyclic) bond motifs is 3. The lowest BCUT2D eigenvalue weighted by Gasteiger charge is -2.28. The first-order chi connectivity index (χ1) is 9.48. The highest BCUT2D eigenvalue weighted by Gasteiger charge is 2.36. The van der Waals surface area contributed by atoms with Crippen molar-refractivity contribution >= 4 is 23.1 Å². The lowest BCUT2D eigenvalue weighted by atomic mass is 9.90. The number of benzene rings is 1. The molecule has 0 bridgehead atoms. The highest BCUT2D eigenvalue weighted by Crippen LogP contribution is 2.38. The third kappa shape index (κ3) is 2.84. The smallest absolute Gasteiger partial charge is 0.206 e. The molecule has 0 aromatic heterocycles. The second kappa shape index (κ2) is 5.79. The number of carbonyl (C=O) groups is 1. The van der Waals surface area contributed by atoms with Gasteiger partial charge < -0.3 is 26.8 Å². The van der Waals surface area contributed by atoms with E-state index in [-0.39, 0.29) is 28.2 Å². The fourth-order valence-corrected chi connectivity index (χ4v) is 2.62. The Balaban J connectivity index is 0.00000161. The first-order valence-corrected chi connectivity index (χ1v) is 7.20. The molecule has 0 radical (unpaired) electrons. The minimum Gasteiger partial charge on any atom is -1.00 e. The number of carbonyl (C=O) groups excluding carboxylic acids is 1. The van der Waals surface area contributed by atoms with Crippen LogP contribution in [0, 0.1) is 5.41 Å². The number of para-hydroxylation sites is 2. The lowest BCUT2D eigenvalue weighted by molar-refractivity contribution is -0.124. The summed E-state index contributed by atoms with van der Waals surface area (Å²) in [5, 5.41) is 0. The number of rotatable bonds is 2. The van der Waals surface area contributed by atoms with Crippen LogP contribution < -0.4 is 26.8 Å². The van der Waals surface area contributed by atoms with Gasteiger partial charge in [-0.15, -0.1) is 0 Å². The molecular weight excluding hydrogens is 330 g/mol. The van der Waals surface area contributed by atoms with E-state index in [1.807, 2.05) is 32.9 Å².